The van der Waals surface area contributed by atoms with Crippen LogP contribution in [0.5, 0.6) is 11.5 Å². The minimum Gasteiger partial charge on any atom is -0.506 e. The van der Waals surface area contributed by atoms with E-state index >= 15 is 0 Å². The number of nitrogens with zero attached hydrogens (tertiary/aromatic N) is 1. The smallest absolute Gasteiger partial charge is 0.304 e. The number of hydrogen-bond acceptors (Lipinski definition) is 4. The van der Waals surface area contributed by atoms with E-state index in [1.807, 2.05) is 6.07 Å². The first-order valence-electron chi connectivity index (χ1n) is 5.56. The number of aromatic hydroxyl groups is 1. The first kappa shape index (κ1) is 12.2. The van der Waals surface area contributed by atoms with E-state index in [9.17, 15) is 9.90 Å². The van der Waals surface area contributed by atoms with Crippen LogP contribution in [0.3, 0.4) is 0 Å². The summed E-state index contributed by atoms with van der Waals surface area (Å²) in [6.45, 7) is 0. The molecule has 0 aliphatic heterocycles. The Bertz CT molecular complexity index is 541. The largest absolute Gasteiger partial charge is 0.506 e. The summed E-state index contributed by atoms with van der Waals surface area (Å²) in [7, 11) is 1.46. The third kappa shape index (κ3) is 1.97. The Morgan fingerprint density at radius 3 is 2.67 bits per heavy atom. The molecule has 0 aromatic heterocycles. The quantitative estimate of drug-likeness (QED) is 0.846. The minimum absolute atomic E-state index is 0.0129. The zero-order valence-corrected chi connectivity index (χ0v) is 9.93. The summed E-state index contributed by atoms with van der Waals surface area (Å²) >= 11 is 0. The summed E-state index contributed by atoms with van der Waals surface area (Å²) in [5, 5.41) is 27.4. The summed E-state index contributed by atoms with van der Waals surface area (Å²) < 4.78 is 5.17. The van der Waals surface area contributed by atoms with Crippen LogP contribution >= 0.6 is 0 Å². The number of hydrogen-bond donors (Lipinski definition) is 2. The first-order valence-corrected chi connectivity index (χ1v) is 5.56. The van der Waals surface area contributed by atoms with E-state index < -0.39 is 11.4 Å². The fraction of sp³-hybridized carbons (Fsp3) is 0.385. The second kappa shape index (κ2) is 4.22. The highest BCUT2D eigenvalue weighted by atomic mass is 16.5. The van der Waals surface area contributed by atoms with Crippen molar-refractivity contribution in [3.63, 3.8) is 0 Å². The lowest BCUT2D eigenvalue weighted by Crippen LogP contribution is -2.14. The van der Waals surface area contributed by atoms with Crippen molar-refractivity contribution in [2.45, 2.75) is 24.7 Å². The van der Waals surface area contributed by atoms with Crippen LogP contribution in [0.15, 0.2) is 12.1 Å². The molecule has 0 radical (unpaired) electrons. The van der Waals surface area contributed by atoms with Crippen molar-refractivity contribution >= 4 is 5.97 Å². The molecule has 1 aliphatic rings. The number of carboxylic acids is 1. The Balaban J connectivity index is 2.50. The number of ether oxygens (including phenoxy) is 1. The van der Waals surface area contributed by atoms with Crippen LogP contribution in [0.2, 0.25) is 0 Å². The van der Waals surface area contributed by atoms with Crippen LogP contribution in [-0.2, 0) is 10.2 Å². The van der Waals surface area contributed by atoms with Crippen molar-refractivity contribution < 1.29 is 19.7 Å². The molecule has 0 unspecified atom stereocenters. The van der Waals surface area contributed by atoms with Gasteiger partial charge in [-0.15, -0.1) is 0 Å². The molecule has 1 aromatic rings. The number of phenolic OH excluding ortho intramolecular Hbond substituents is 1. The van der Waals surface area contributed by atoms with Gasteiger partial charge in [0.2, 0.25) is 0 Å². The Morgan fingerprint density at radius 2 is 2.22 bits per heavy atom. The van der Waals surface area contributed by atoms with Crippen molar-refractivity contribution in [3.05, 3.63) is 23.3 Å². The molecule has 0 bridgehead atoms. The van der Waals surface area contributed by atoms with Gasteiger partial charge >= 0.3 is 5.97 Å². The fourth-order valence-electron chi connectivity index (χ4n) is 2.22. The highest BCUT2D eigenvalue weighted by Gasteiger charge is 2.48. The van der Waals surface area contributed by atoms with Gasteiger partial charge in [0.05, 0.1) is 19.1 Å². The Hall–Kier alpha value is -2.22. The molecular formula is C13H13NO4. The molecule has 2 N–H and O–H groups in total. The summed E-state index contributed by atoms with van der Waals surface area (Å²) in [5.74, 6) is -0.587. The Labute approximate surface area is 104 Å². The minimum atomic E-state index is -0.874. The highest BCUT2D eigenvalue weighted by Crippen LogP contribution is 2.54. The second-order valence-corrected chi connectivity index (χ2v) is 4.53. The number of methoxy groups -OCH3 is 1. The predicted octanol–water partition coefficient (Wildman–Crippen LogP) is 1.78. The molecule has 1 aliphatic carbocycles. The van der Waals surface area contributed by atoms with E-state index in [4.69, 9.17) is 15.1 Å². The van der Waals surface area contributed by atoms with Gasteiger partial charge in [-0.25, -0.2) is 0 Å². The standard InChI is InChI=1S/C13H13NO4/c1-18-11-5-10(15)8(7-14)4-9(11)13(2-3-13)6-12(16)17/h4-5,15H,2-3,6H2,1H3,(H,16,17). The molecule has 18 heavy (non-hydrogen) atoms. The van der Waals surface area contributed by atoms with Gasteiger partial charge in [0.25, 0.3) is 0 Å². The fourth-order valence-corrected chi connectivity index (χ4v) is 2.22. The number of rotatable bonds is 4. The molecule has 0 atom stereocenters. The van der Waals surface area contributed by atoms with Crippen molar-refractivity contribution in [1.29, 1.82) is 5.26 Å². The molecule has 0 amide bonds. The molecule has 5 nitrogen and oxygen atoms in total. The van der Waals surface area contributed by atoms with Crippen molar-refractivity contribution in [2.75, 3.05) is 7.11 Å². The van der Waals surface area contributed by atoms with Gasteiger partial charge in [-0.05, 0) is 18.9 Å². The number of benzene rings is 1. The van der Waals surface area contributed by atoms with E-state index in [0.29, 0.717) is 11.3 Å². The Kier molecular flexibility index (Phi) is 2.87. The van der Waals surface area contributed by atoms with Gasteiger partial charge in [0.15, 0.2) is 0 Å². The second-order valence-electron chi connectivity index (χ2n) is 4.53. The molecule has 0 heterocycles. The van der Waals surface area contributed by atoms with Gasteiger partial charge in [-0.1, -0.05) is 0 Å². The van der Waals surface area contributed by atoms with Crippen molar-refractivity contribution in [2.24, 2.45) is 0 Å². The van der Waals surface area contributed by atoms with Crippen LogP contribution in [-0.4, -0.2) is 23.3 Å². The van der Waals surface area contributed by atoms with Gasteiger partial charge in [-0.2, -0.15) is 5.26 Å². The number of nitriles is 1. The summed E-state index contributed by atoms with van der Waals surface area (Å²) in [5.41, 5.74) is 0.389. The topological polar surface area (TPSA) is 90.5 Å². The molecule has 2 rings (SSSR count). The molecular weight excluding hydrogens is 234 g/mol. The lowest BCUT2D eigenvalue weighted by atomic mass is 9.90. The maximum absolute atomic E-state index is 10.9. The van der Waals surface area contributed by atoms with Crippen molar-refractivity contribution in [3.8, 4) is 17.6 Å². The van der Waals surface area contributed by atoms with Gasteiger partial charge in [-0.3, -0.25) is 4.79 Å². The van der Waals surface area contributed by atoms with Crippen molar-refractivity contribution in [1.82, 2.24) is 0 Å². The van der Waals surface area contributed by atoms with Gasteiger partial charge in [0, 0.05) is 17.0 Å². The number of carboxylic acid groups (broad SMARTS) is 1. The molecule has 0 saturated heterocycles. The molecule has 1 aromatic carbocycles. The lowest BCUT2D eigenvalue weighted by Gasteiger charge is -2.17. The van der Waals surface area contributed by atoms with E-state index in [1.54, 1.807) is 0 Å². The molecule has 0 spiro atoms. The zero-order chi connectivity index (χ0) is 13.3. The predicted molar refractivity (Wildman–Crippen MR) is 62.5 cm³/mol. The van der Waals surface area contributed by atoms with E-state index in [1.165, 1.54) is 19.2 Å². The first-order chi connectivity index (χ1) is 8.52. The lowest BCUT2D eigenvalue weighted by molar-refractivity contribution is -0.137. The monoisotopic (exact) mass is 247 g/mol. The third-order valence-electron chi connectivity index (χ3n) is 3.35. The van der Waals surface area contributed by atoms with Crippen LogP contribution in [0.25, 0.3) is 0 Å². The molecule has 5 heteroatoms. The summed E-state index contributed by atoms with van der Waals surface area (Å²) in [6.07, 6.45) is 1.52. The van der Waals surface area contributed by atoms with Crippen LogP contribution in [0, 0.1) is 11.3 Å². The third-order valence-corrected chi connectivity index (χ3v) is 3.35. The Morgan fingerprint density at radius 1 is 1.56 bits per heavy atom. The summed E-state index contributed by atoms with van der Waals surface area (Å²) in [4.78, 5) is 10.9. The average molecular weight is 247 g/mol. The van der Waals surface area contributed by atoms with E-state index in [0.717, 1.165) is 12.8 Å². The molecule has 94 valence electrons. The van der Waals surface area contributed by atoms with E-state index in [-0.39, 0.29) is 17.7 Å². The van der Waals surface area contributed by atoms with Crippen LogP contribution in [0.1, 0.15) is 30.4 Å². The van der Waals surface area contributed by atoms with Crippen LogP contribution in [0.4, 0.5) is 0 Å². The maximum Gasteiger partial charge on any atom is 0.304 e. The average Bonchev–Trinajstić information content (AvgIpc) is 3.08. The molecule has 1 fully saturated rings. The van der Waals surface area contributed by atoms with E-state index in [2.05, 4.69) is 0 Å². The number of carbonyl (C=O) groups is 1. The van der Waals surface area contributed by atoms with Crippen LogP contribution < -0.4 is 4.74 Å². The highest BCUT2D eigenvalue weighted by molar-refractivity contribution is 5.71. The van der Waals surface area contributed by atoms with Gasteiger partial charge in [0.1, 0.15) is 17.6 Å². The molecule has 1 saturated carbocycles. The SMILES string of the molecule is COc1cc(O)c(C#N)cc1C1(CC(=O)O)CC1. The number of aliphatic carboxylic acids is 1. The maximum atomic E-state index is 10.9. The number of phenols is 1. The van der Waals surface area contributed by atoms with Gasteiger partial charge < -0.3 is 14.9 Å². The normalized spacial score (nSPS) is 15.8. The zero-order valence-electron chi connectivity index (χ0n) is 9.93. The summed E-state index contributed by atoms with van der Waals surface area (Å²) in [6, 6.07) is 4.79.